The first-order valence-corrected chi connectivity index (χ1v) is 9.38. The van der Waals surface area contributed by atoms with Crippen molar-refractivity contribution in [2.75, 3.05) is 23.4 Å². The lowest BCUT2D eigenvalue weighted by Gasteiger charge is -2.16. The summed E-state index contributed by atoms with van der Waals surface area (Å²) in [5.41, 5.74) is 3.69. The lowest BCUT2D eigenvalue weighted by molar-refractivity contribution is -0.151. The summed E-state index contributed by atoms with van der Waals surface area (Å²) in [7, 11) is 0. The molecule has 1 heterocycles. The van der Waals surface area contributed by atoms with Gasteiger partial charge in [-0.3, -0.25) is 14.4 Å². The average Bonchev–Trinajstić information content (AvgIpc) is 3.09. The molecule has 1 aliphatic rings. The zero-order valence-electron chi connectivity index (χ0n) is 16.1. The van der Waals surface area contributed by atoms with Crippen molar-refractivity contribution in [1.82, 2.24) is 0 Å². The van der Waals surface area contributed by atoms with E-state index in [1.165, 1.54) is 5.56 Å². The molecule has 2 aromatic rings. The van der Waals surface area contributed by atoms with Gasteiger partial charge in [-0.2, -0.15) is 0 Å². The standard InChI is InChI=1S/C22H24N2O4/c1-3-16-6-8-18(9-7-16)23-20(25)14-28-22(27)17-12-21(26)24(13-17)19-10-4-15(2)5-11-19/h4-11,17H,3,12-14H2,1-2H3,(H,23,25)/t17-/m1/s1. The average molecular weight is 380 g/mol. The Morgan fingerprint density at radius 3 is 2.43 bits per heavy atom. The molecule has 1 fully saturated rings. The van der Waals surface area contributed by atoms with Gasteiger partial charge in [0, 0.05) is 24.3 Å². The minimum Gasteiger partial charge on any atom is -0.455 e. The number of hydrogen-bond acceptors (Lipinski definition) is 4. The molecule has 1 saturated heterocycles. The molecule has 6 nitrogen and oxygen atoms in total. The van der Waals surface area contributed by atoms with E-state index in [9.17, 15) is 14.4 Å². The van der Waals surface area contributed by atoms with E-state index in [2.05, 4.69) is 12.2 Å². The summed E-state index contributed by atoms with van der Waals surface area (Å²) >= 11 is 0. The quantitative estimate of drug-likeness (QED) is 0.782. The first kappa shape index (κ1) is 19.6. The molecule has 28 heavy (non-hydrogen) atoms. The van der Waals surface area contributed by atoms with Crippen molar-refractivity contribution in [2.24, 2.45) is 5.92 Å². The van der Waals surface area contributed by atoms with Crippen molar-refractivity contribution in [3.8, 4) is 0 Å². The topological polar surface area (TPSA) is 75.7 Å². The lowest BCUT2D eigenvalue weighted by atomic mass is 10.1. The molecule has 1 N–H and O–H groups in total. The van der Waals surface area contributed by atoms with Crippen molar-refractivity contribution in [3.63, 3.8) is 0 Å². The van der Waals surface area contributed by atoms with Crippen LogP contribution in [0.25, 0.3) is 0 Å². The van der Waals surface area contributed by atoms with E-state index >= 15 is 0 Å². The zero-order valence-corrected chi connectivity index (χ0v) is 16.1. The van der Waals surface area contributed by atoms with Gasteiger partial charge >= 0.3 is 5.97 Å². The molecular formula is C22H24N2O4. The van der Waals surface area contributed by atoms with E-state index in [0.29, 0.717) is 5.69 Å². The fourth-order valence-corrected chi connectivity index (χ4v) is 3.12. The van der Waals surface area contributed by atoms with Gasteiger partial charge < -0.3 is 15.0 Å². The van der Waals surface area contributed by atoms with Crippen LogP contribution in [0.4, 0.5) is 11.4 Å². The van der Waals surface area contributed by atoms with Crippen molar-refractivity contribution < 1.29 is 19.1 Å². The summed E-state index contributed by atoms with van der Waals surface area (Å²) in [6.45, 7) is 3.92. The van der Waals surface area contributed by atoms with E-state index in [-0.39, 0.29) is 25.5 Å². The number of carbonyl (C=O) groups is 3. The predicted molar refractivity (Wildman–Crippen MR) is 107 cm³/mol. The summed E-state index contributed by atoms with van der Waals surface area (Å²) in [6, 6.07) is 15.1. The van der Waals surface area contributed by atoms with Gasteiger partial charge in [0.2, 0.25) is 5.91 Å². The first-order valence-electron chi connectivity index (χ1n) is 9.38. The Labute approximate surface area is 164 Å². The van der Waals surface area contributed by atoms with Crippen molar-refractivity contribution >= 4 is 29.2 Å². The first-order chi connectivity index (χ1) is 13.5. The molecule has 0 bridgehead atoms. The minimum absolute atomic E-state index is 0.0901. The van der Waals surface area contributed by atoms with Crippen LogP contribution in [0, 0.1) is 12.8 Å². The highest BCUT2D eigenvalue weighted by molar-refractivity contribution is 6.00. The SMILES string of the molecule is CCc1ccc(NC(=O)COC(=O)[C@@H]2CC(=O)N(c3ccc(C)cc3)C2)cc1. The van der Waals surface area contributed by atoms with Crippen LogP contribution in [0.15, 0.2) is 48.5 Å². The normalized spacial score (nSPS) is 16.1. The Balaban J connectivity index is 1.49. The molecule has 0 spiro atoms. The van der Waals surface area contributed by atoms with Gasteiger partial charge in [0.25, 0.3) is 5.91 Å². The highest BCUT2D eigenvalue weighted by Crippen LogP contribution is 2.26. The van der Waals surface area contributed by atoms with Gasteiger partial charge in [-0.15, -0.1) is 0 Å². The van der Waals surface area contributed by atoms with Crippen LogP contribution in [-0.4, -0.2) is 30.9 Å². The number of nitrogens with zero attached hydrogens (tertiary/aromatic N) is 1. The Hall–Kier alpha value is -3.15. The highest BCUT2D eigenvalue weighted by atomic mass is 16.5. The van der Waals surface area contributed by atoms with Crippen LogP contribution in [0.5, 0.6) is 0 Å². The fraction of sp³-hybridized carbons (Fsp3) is 0.318. The van der Waals surface area contributed by atoms with E-state index in [1.54, 1.807) is 4.90 Å². The van der Waals surface area contributed by atoms with Gasteiger partial charge in [-0.25, -0.2) is 0 Å². The fourth-order valence-electron chi connectivity index (χ4n) is 3.12. The number of aryl methyl sites for hydroxylation is 2. The molecule has 1 aliphatic heterocycles. The molecule has 6 heteroatoms. The van der Waals surface area contributed by atoms with Gasteiger partial charge in [-0.05, 0) is 43.2 Å². The zero-order chi connectivity index (χ0) is 20.1. The number of esters is 1. The van der Waals surface area contributed by atoms with Crippen LogP contribution in [0.3, 0.4) is 0 Å². The summed E-state index contributed by atoms with van der Waals surface area (Å²) in [5.74, 6) is -1.62. The molecule has 146 valence electrons. The second-order valence-corrected chi connectivity index (χ2v) is 6.95. The summed E-state index contributed by atoms with van der Waals surface area (Å²) in [5, 5.41) is 2.69. The van der Waals surface area contributed by atoms with E-state index in [4.69, 9.17) is 4.74 Å². The highest BCUT2D eigenvalue weighted by Gasteiger charge is 2.36. The maximum absolute atomic E-state index is 12.3. The Morgan fingerprint density at radius 1 is 1.11 bits per heavy atom. The third-order valence-corrected chi connectivity index (χ3v) is 4.80. The summed E-state index contributed by atoms with van der Waals surface area (Å²) in [6.07, 6.45) is 1.01. The van der Waals surface area contributed by atoms with Crippen LogP contribution >= 0.6 is 0 Å². The molecule has 0 unspecified atom stereocenters. The second-order valence-electron chi connectivity index (χ2n) is 6.95. The van der Waals surface area contributed by atoms with Crippen molar-refractivity contribution in [1.29, 1.82) is 0 Å². The van der Waals surface area contributed by atoms with Crippen molar-refractivity contribution in [3.05, 3.63) is 59.7 Å². The number of anilines is 2. The molecule has 0 radical (unpaired) electrons. The number of benzene rings is 2. The molecule has 2 amide bonds. The molecule has 3 rings (SSSR count). The number of amides is 2. The maximum Gasteiger partial charge on any atom is 0.311 e. The number of ether oxygens (including phenoxy) is 1. The summed E-state index contributed by atoms with van der Waals surface area (Å²) < 4.78 is 5.13. The molecule has 1 atom stereocenters. The van der Waals surface area contributed by atoms with Crippen LogP contribution < -0.4 is 10.2 Å². The smallest absolute Gasteiger partial charge is 0.311 e. The Kier molecular flexibility index (Phi) is 6.09. The molecule has 2 aromatic carbocycles. The lowest BCUT2D eigenvalue weighted by Crippen LogP contribution is -2.28. The predicted octanol–water partition coefficient (Wildman–Crippen LogP) is 3.09. The number of nitrogens with one attached hydrogen (secondary N) is 1. The molecule has 0 aliphatic carbocycles. The number of rotatable bonds is 6. The van der Waals surface area contributed by atoms with Crippen molar-refractivity contribution in [2.45, 2.75) is 26.7 Å². The molecule has 0 aromatic heterocycles. The van der Waals surface area contributed by atoms with Gasteiger partial charge in [0.15, 0.2) is 6.61 Å². The number of carbonyl (C=O) groups excluding carboxylic acids is 3. The molecule has 0 saturated carbocycles. The Bertz CT molecular complexity index is 859. The molecular weight excluding hydrogens is 356 g/mol. The largest absolute Gasteiger partial charge is 0.455 e. The van der Waals surface area contributed by atoms with Crippen LogP contribution in [-0.2, 0) is 25.5 Å². The van der Waals surface area contributed by atoms with Gasteiger partial charge in [-0.1, -0.05) is 36.8 Å². The summed E-state index contributed by atoms with van der Waals surface area (Å²) in [4.78, 5) is 38.1. The monoisotopic (exact) mass is 380 g/mol. The minimum atomic E-state index is -0.564. The van der Waals surface area contributed by atoms with Gasteiger partial charge in [0.05, 0.1) is 5.92 Å². The van der Waals surface area contributed by atoms with Crippen LogP contribution in [0.2, 0.25) is 0 Å². The van der Waals surface area contributed by atoms with E-state index in [1.807, 2.05) is 55.5 Å². The maximum atomic E-state index is 12.3. The third-order valence-electron chi connectivity index (χ3n) is 4.80. The number of hydrogen-bond donors (Lipinski definition) is 1. The van der Waals surface area contributed by atoms with E-state index in [0.717, 1.165) is 17.7 Å². The Morgan fingerprint density at radius 2 is 1.79 bits per heavy atom. The second kappa shape index (κ2) is 8.69. The third kappa shape index (κ3) is 4.76. The van der Waals surface area contributed by atoms with Gasteiger partial charge in [0.1, 0.15) is 0 Å². The van der Waals surface area contributed by atoms with E-state index < -0.39 is 17.8 Å². The van der Waals surface area contributed by atoms with Crippen LogP contribution in [0.1, 0.15) is 24.5 Å².